The lowest BCUT2D eigenvalue weighted by Gasteiger charge is -2.23. The summed E-state index contributed by atoms with van der Waals surface area (Å²) in [4.78, 5) is 11.8. The Labute approximate surface area is 131 Å². The maximum absolute atomic E-state index is 11.8. The van der Waals surface area contributed by atoms with Gasteiger partial charge in [0.1, 0.15) is 5.75 Å². The van der Waals surface area contributed by atoms with Crippen LogP contribution in [-0.2, 0) is 11.2 Å². The standard InChI is InChI=1S/C16H24ClNO3/c1-16(2,8-9-19)11-18-15(20)7-5-12-4-6-14(21-3)13(17)10-12/h4,6,10,19H,5,7-9,11H2,1-3H3,(H,18,20). The second-order valence-corrected chi connectivity index (χ2v) is 6.29. The molecule has 21 heavy (non-hydrogen) atoms. The van der Waals surface area contributed by atoms with Crippen molar-refractivity contribution in [3.63, 3.8) is 0 Å². The van der Waals surface area contributed by atoms with Crippen molar-refractivity contribution in [1.82, 2.24) is 5.32 Å². The van der Waals surface area contributed by atoms with Gasteiger partial charge in [-0.05, 0) is 36.0 Å². The topological polar surface area (TPSA) is 58.6 Å². The summed E-state index contributed by atoms with van der Waals surface area (Å²) in [7, 11) is 1.57. The Morgan fingerprint density at radius 3 is 2.71 bits per heavy atom. The fourth-order valence-electron chi connectivity index (χ4n) is 1.94. The number of aliphatic hydroxyl groups excluding tert-OH is 1. The molecular weight excluding hydrogens is 290 g/mol. The number of carbonyl (C=O) groups is 1. The zero-order valence-corrected chi connectivity index (χ0v) is 13.7. The second-order valence-electron chi connectivity index (χ2n) is 5.88. The van der Waals surface area contributed by atoms with Crippen LogP contribution in [0.2, 0.25) is 5.02 Å². The average molecular weight is 314 g/mol. The summed E-state index contributed by atoms with van der Waals surface area (Å²) in [6.07, 6.45) is 1.72. The summed E-state index contributed by atoms with van der Waals surface area (Å²) in [5.41, 5.74) is 0.916. The summed E-state index contributed by atoms with van der Waals surface area (Å²) in [6.45, 7) is 4.74. The monoisotopic (exact) mass is 313 g/mol. The van der Waals surface area contributed by atoms with E-state index in [1.54, 1.807) is 13.2 Å². The first kappa shape index (κ1) is 17.8. The quantitative estimate of drug-likeness (QED) is 0.776. The smallest absolute Gasteiger partial charge is 0.220 e. The van der Waals surface area contributed by atoms with Crippen LogP contribution < -0.4 is 10.1 Å². The molecule has 0 saturated carbocycles. The number of rotatable bonds is 8. The zero-order chi connectivity index (χ0) is 15.9. The molecule has 0 aliphatic rings. The molecule has 0 atom stereocenters. The van der Waals surface area contributed by atoms with E-state index in [4.69, 9.17) is 21.4 Å². The molecule has 5 heteroatoms. The van der Waals surface area contributed by atoms with Crippen LogP contribution in [0.4, 0.5) is 0 Å². The number of amides is 1. The third-order valence-electron chi connectivity index (χ3n) is 3.41. The molecule has 0 aromatic heterocycles. The lowest BCUT2D eigenvalue weighted by Crippen LogP contribution is -2.34. The Kier molecular flexibility index (Phi) is 6.99. The van der Waals surface area contributed by atoms with E-state index in [9.17, 15) is 4.79 Å². The minimum Gasteiger partial charge on any atom is -0.495 e. The first-order valence-electron chi connectivity index (χ1n) is 7.08. The van der Waals surface area contributed by atoms with Crippen molar-refractivity contribution in [3.8, 4) is 5.75 Å². The van der Waals surface area contributed by atoms with Crippen LogP contribution in [0.3, 0.4) is 0 Å². The van der Waals surface area contributed by atoms with Gasteiger partial charge in [-0.1, -0.05) is 31.5 Å². The molecule has 0 fully saturated rings. The van der Waals surface area contributed by atoms with Gasteiger partial charge in [0.05, 0.1) is 12.1 Å². The highest BCUT2D eigenvalue weighted by Gasteiger charge is 2.17. The van der Waals surface area contributed by atoms with E-state index >= 15 is 0 Å². The molecule has 0 aliphatic heterocycles. The van der Waals surface area contributed by atoms with Crippen molar-refractivity contribution in [3.05, 3.63) is 28.8 Å². The number of benzene rings is 1. The molecule has 0 aliphatic carbocycles. The predicted octanol–water partition coefficient (Wildman–Crippen LogP) is 2.81. The van der Waals surface area contributed by atoms with Crippen LogP contribution in [0.1, 0.15) is 32.3 Å². The number of aliphatic hydroxyl groups is 1. The van der Waals surface area contributed by atoms with Gasteiger partial charge in [-0.2, -0.15) is 0 Å². The maximum Gasteiger partial charge on any atom is 0.220 e. The van der Waals surface area contributed by atoms with Crippen molar-refractivity contribution in [2.45, 2.75) is 33.1 Å². The number of hydrogen-bond acceptors (Lipinski definition) is 3. The van der Waals surface area contributed by atoms with Crippen LogP contribution in [-0.4, -0.2) is 31.3 Å². The van der Waals surface area contributed by atoms with Gasteiger partial charge in [-0.3, -0.25) is 4.79 Å². The van der Waals surface area contributed by atoms with Crippen LogP contribution >= 0.6 is 11.6 Å². The van der Waals surface area contributed by atoms with E-state index in [1.807, 2.05) is 26.0 Å². The minimum absolute atomic E-state index is 0.00737. The lowest BCUT2D eigenvalue weighted by molar-refractivity contribution is -0.121. The van der Waals surface area contributed by atoms with Crippen LogP contribution in [0.15, 0.2) is 18.2 Å². The third-order valence-corrected chi connectivity index (χ3v) is 3.71. The maximum atomic E-state index is 11.8. The first-order chi connectivity index (χ1) is 9.88. The fourth-order valence-corrected chi connectivity index (χ4v) is 2.22. The highest BCUT2D eigenvalue weighted by molar-refractivity contribution is 6.32. The molecule has 1 amide bonds. The molecule has 1 aromatic carbocycles. The number of aryl methyl sites for hydroxylation is 1. The van der Waals surface area contributed by atoms with Gasteiger partial charge in [-0.15, -0.1) is 0 Å². The Morgan fingerprint density at radius 1 is 1.43 bits per heavy atom. The van der Waals surface area contributed by atoms with Gasteiger partial charge in [0.25, 0.3) is 0 Å². The molecule has 0 spiro atoms. The molecule has 0 saturated heterocycles. The van der Waals surface area contributed by atoms with E-state index < -0.39 is 0 Å². The van der Waals surface area contributed by atoms with Crippen LogP contribution in [0.5, 0.6) is 5.75 Å². The summed E-state index contributed by atoms with van der Waals surface area (Å²) in [5, 5.41) is 12.4. The van der Waals surface area contributed by atoms with Gasteiger partial charge in [0.15, 0.2) is 0 Å². The van der Waals surface area contributed by atoms with Crippen LogP contribution in [0, 0.1) is 5.41 Å². The molecule has 1 rings (SSSR count). The summed E-state index contributed by atoms with van der Waals surface area (Å²) >= 11 is 6.05. The predicted molar refractivity (Wildman–Crippen MR) is 84.8 cm³/mol. The number of methoxy groups -OCH3 is 1. The van der Waals surface area contributed by atoms with Gasteiger partial charge in [0, 0.05) is 19.6 Å². The van der Waals surface area contributed by atoms with Gasteiger partial charge in [0.2, 0.25) is 5.91 Å². The SMILES string of the molecule is COc1ccc(CCC(=O)NCC(C)(C)CCO)cc1Cl. The Morgan fingerprint density at radius 2 is 2.14 bits per heavy atom. The van der Waals surface area contributed by atoms with E-state index in [1.165, 1.54) is 0 Å². The molecule has 118 valence electrons. The summed E-state index contributed by atoms with van der Waals surface area (Å²) in [5.74, 6) is 0.642. The largest absolute Gasteiger partial charge is 0.495 e. The number of carbonyl (C=O) groups excluding carboxylic acids is 1. The second kappa shape index (κ2) is 8.25. The van der Waals surface area contributed by atoms with Gasteiger partial charge >= 0.3 is 0 Å². The molecule has 0 heterocycles. The molecular formula is C16H24ClNO3. The van der Waals surface area contributed by atoms with Gasteiger partial charge < -0.3 is 15.2 Å². The highest BCUT2D eigenvalue weighted by atomic mass is 35.5. The Hall–Kier alpha value is -1.26. The molecule has 0 bridgehead atoms. The van der Waals surface area contributed by atoms with Crippen LogP contribution in [0.25, 0.3) is 0 Å². The first-order valence-corrected chi connectivity index (χ1v) is 7.46. The van der Waals surface area contributed by atoms with E-state index in [0.29, 0.717) is 36.6 Å². The van der Waals surface area contributed by atoms with E-state index in [-0.39, 0.29) is 17.9 Å². The number of ether oxygens (including phenoxy) is 1. The lowest BCUT2D eigenvalue weighted by atomic mass is 9.90. The Bertz CT molecular complexity index is 475. The number of halogens is 1. The summed E-state index contributed by atoms with van der Waals surface area (Å²) in [6, 6.07) is 5.54. The number of hydrogen-bond donors (Lipinski definition) is 2. The van der Waals surface area contributed by atoms with Crippen molar-refractivity contribution in [2.24, 2.45) is 5.41 Å². The minimum atomic E-state index is -0.0895. The molecule has 2 N–H and O–H groups in total. The van der Waals surface area contributed by atoms with Crippen molar-refractivity contribution < 1.29 is 14.6 Å². The highest BCUT2D eigenvalue weighted by Crippen LogP contribution is 2.25. The average Bonchev–Trinajstić information content (AvgIpc) is 2.43. The van der Waals surface area contributed by atoms with E-state index in [0.717, 1.165) is 5.56 Å². The molecule has 4 nitrogen and oxygen atoms in total. The van der Waals surface area contributed by atoms with Crippen molar-refractivity contribution in [1.29, 1.82) is 0 Å². The van der Waals surface area contributed by atoms with Crippen molar-refractivity contribution in [2.75, 3.05) is 20.3 Å². The summed E-state index contributed by atoms with van der Waals surface area (Å²) < 4.78 is 5.09. The molecule has 1 aromatic rings. The van der Waals surface area contributed by atoms with Gasteiger partial charge in [-0.25, -0.2) is 0 Å². The molecule has 0 radical (unpaired) electrons. The van der Waals surface area contributed by atoms with E-state index in [2.05, 4.69) is 5.32 Å². The number of nitrogens with one attached hydrogen (secondary N) is 1. The Balaban J connectivity index is 2.41. The zero-order valence-electron chi connectivity index (χ0n) is 12.9. The normalized spacial score (nSPS) is 11.3. The fraction of sp³-hybridized carbons (Fsp3) is 0.562. The molecule has 0 unspecified atom stereocenters. The van der Waals surface area contributed by atoms with Crippen molar-refractivity contribution >= 4 is 17.5 Å². The third kappa shape index (κ3) is 6.36.